The van der Waals surface area contributed by atoms with Crippen LogP contribution in [0.25, 0.3) is 0 Å². The van der Waals surface area contributed by atoms with Gasteiger partial charge < -0.3 is 14.8 Å². The van der Waals surface area contributed by atoms with Crippen LogP contribution in [0.4, 0.5) is 23.4 Å². The van der Waals surface area contributed by atoms with Crippen molar-refractivity contribution in [1.82, 2.24) is 9.97 Å². The largest absolute Gasteiger partial charge is 0.471 e. The van der Waals surface area contributed by atoms with Crippen LogP contribution in [0.3, 0.4) is 0 Å². The molecule has 120 valence electrons. The maximum atomic E-state index is 12.8. The van der Waals surface area contributed by atoms with Gasteiger partial charge in [0.15, 0.2) is 12.4 Å². The fourth-order valence-electron chi connectivity index (χ4n) is 1.31. The molecule has 21 heavy (non-hydrogen) atoms. The molecule has 1 N–H and O–H groups in total. The number of alkyl halides is 4. The third-order valence-corrected chi connectivity index (χ3v) is 2.27. The normalized spacial score (nSPS) is 11.8. The van der Waals surface area contributed by atoms with Crippen molar-refractivity contribution >= 4 is 5.82 Å². The van der Waals surface area contributed by atoms with Crippen molar-refractivity contribution in [2.45, 2.75) is 32.8 Å². The highest BCUT2D eigenvalue weighted by molar-refractivity contribution is 5.38. The molecule has 0 atom stereocenters. The van der Waals surface area contributed by atoms with Gasteiger partial charge in [0.2, 0.25) is 5.88 Å². The van der Waals surface area contributed by atoms with Gasteiger partial charge in [0.05, 0.1) is 0 Å². The highest BCUT2D eigenvalue weighted by atomic mass is 19.3. The molecule has 0 amide bonds. The fraction of sp³-hybridized carbons (Fsp3) is 0.667. The molecular formula is C12H17F4N3O2. The molecule has 5 nitrogen and oxygen atoms in total. The lowest BCUT2D eigenvalue weighted by Gasteiger charge is -2.16. The van der Waals surface area contributed by atoms with Gasteiger partial charge in [-0.3, -0.25) is 0 Å². The fourth-order valence-corrected chi connectivity index (χ4v) is 1.31. The Hall–Kier alpha value is -1.64. The molecule has 9 heteroatoms. The molecule has 0 fully saturated rings. The number of nitrogens with one attached hydrogen (secondary N) is 1. The number of hydrogen-bond acceptors (Lipinski definition) is 5. The number of nitrogens with zero attached hydrogens (tertiary/aromatic N) is 2. The van der Waals surface area contributed by atoms with Crippen molar-refractivity contribution in [3.8, 4) is 5.88 Å². The van der Waals surface area contributed by atoms with E-state index in [1.54, 1.807) is 6.92 Å². The van der Waals surface area contributed by atoms with Crippen LogP contribution in [-0.2, 0) is 11.3 Å². The van der Waals surface area contributed by atoms with E-state index >= 15 is 0 Å². The molecule has 0 radical (unpaired) electrons. The summed E-state index contributed by atoms with van der Waals surface area (Å²) in [5.41, 5.74) is 0. The lowest BCUT2D eigenvalue weighted by atomic mass is 10.4. The van der Waals surface area contributed by atoms with E-state index in [1.807, 2.05) is 6.92 Å². The molecule has 0 aromatic carbocycles. The van der Waals surface area contributed by atoms with Gasteiger partial charge in [0, 0.05) is 19.2 Å². The van der Waals surface area contributed by atoms with Gasteiger partial charge in [-0.05, 0) is 13.8 Å². The average Bonchev–Trinajstić information content (AvgIpc) is 2.43. The van der Waals surface area contributed by atoms with Crippen LogP contribution in [0.2, 0.25) is 0 Å². The highest BCUT2D eigenvalue weighted by Crippen LogP contribution is 2.24. The van der Waals surface area contributed by atoms with Crippen LogP contribution in [0, 0.1) is 0 Å². The van der Waals surface area contributed by atoms with Gasteiger partial charge in [-0.1, -0.05) is 0 Å². The molecule has 0 aliphatic carbocycles. The maximum absolute atomic E-state index is 12.8. The van der Waals surface area contributed by atoms with Crippen molar-refractivity contribution < 1.29 is 27.0 Å². The lowest BCUT2D eigenvalue weighted by Crippen LogP contribution is -2.34. The molecule has 0 spiro atoms. The van der Waals surface area contributed by atoms with Gasteiger partial charge in [-0.15, -0.1) is 0 Å². The molecule has 0 unspecified atom stereocenters. The van der Waals surface area contributed by atoms with E-state index in [9.17, 15) is 17.6 Å². The maximum Gasteiger partial charge on any atom is 0.340 e. The molecule has 0 saturated heterocycles. The van der Waals surface area contributed by atoms with Gasteiger partial charge in [0.25, 0.3) is 0 Å². The van der Waals surface area contributed by atoms with Crippen molar-refractivity contribution in [3.63, 3.8) is 0 Å². The molecule has 0 aliphatic heterocycles. The third kappa shape index (κ3) is 5.70. The molecule has 0 bridgehead atoms. The molecule has 0 aliphatic rings. The number of ether oxygens (including phenoxy) is 2. The standard InChI is InChI=1S/C12H17F4N3O2/c1-3-17-8-5-10(19-9(18-8)6-20-4-2)21-7-12(15,16)11(13)14/h5,11H,3-4,6-7H2,1-2H3,(H,17,18,19). The number of aromatic nitrogens is 2. The minimum Gasteiger partial charge on any atom is -0.471 e. The summed E-state index contributed by atoms with van der Waals surface area (Å²) in [6, 6.07) is 1.26. The van der Waals surface area contributed by atoms with Crippen LogP contribution in [0.5, 0.6) is 5.88 Å². The zero-order valence-corrected chi connectivity index (χ0v) is 11.7. The first-order chi connectivity index (χ1) is 9.89. The van der Waals surface area contributed by atoms with Crippen molar-refractivity contribution in [2.24, 2.45) is 0 Å². The Morgan fingerprint density at radius 2 is 2.00 bits per heavy atom. The summed E-state index contributed by atoms with van der Waals surface area (Å²) in [5, 5.41) is 2.86. The van der Waals surface area contributed by atoms with E-state index in [2.05, 4.69) is 20.0 Å². The number of hydrogen-bond donors (Lipinski definition) is 1. The van der Waals surface area contributed by atoms with Crippen LogP contribution < -0.4 is 10.1 Å². The van der Waals surface area contributed by atoms with Crippen LogP contribution in [0.15, 0.2) is 6.07 Å². The van der Waals surface area contributed by atoms with E-state index in [0.29, 0.717) is 19.0 Å². The van der Waals surface area contributed by atoms with Gasteiger partial charge in [-0.2, -0.15) is 13.8 Å². The monoisotopic (exact) mass is 311 g/mol. The highest BCUT2D eigenvalue weighted by Gasteiger charge is 2.41. The lowest BCUT2D eigenvalue weighted by molar-refractivity contribution is -0.148. The molecule has 0 saturated carbocycles. The summed E-state index contributed by atoms with van der Waals surface area (Å²) in [4.78, 5) is 7.92. The van der Waals surface area contributed by atoms with Crippen molar-refractivity contribution in [3.05, 3.63) is 11.9 Å². The first-order valence-electron chi connectivity index (χ1n) is 6.37. The Labute approximate surface area is 119 Å². The predicted octanol–water partition coefficient (Wildman–Crippen LogP) is 2.72. The summed E-state index contributed by atoms with van der Waals surface area (Å²) in [6.45, 7) is 3.16. The average molecular weight is 311 g/mol. The summed E-state index contributed by atoms with van der Waals surface area (Å²) in [7, 11) is 0. The molecule has 1 aromatic heterocycles. The Morgan fingerprint density at radius 3 is 2.57 bits per heavy atom. The van der Waals surface area contributed by atoms with E-state index in [4.69, 9.17) is 4.74 Å². The van der Waals surface area contributed by atoms with E-state index in [-0.39, 0.29) is 18.3 Å². The summed E-state index contributed by atoms with van der Waals surface area (Å²) in [6.07, 6.45) is -3.80. The smallest absolute Gasteiger partial charge is 0.340 e. The molecular weight excluding hydrogens is 294 g/mol. The zero-order chi connectivity index (χ0) is 15.9. The van der Waals surface area contributed by atoms with E-state index < -0.39 is 19.0 Å². The Balaban J connectivity index is 2.82. The topological polar surface area (TPSA) is 56.3 Å². The van der Waals surface area contributed by atoms with Gasteiger partial charge in [0.1, 0.15) is 12.4 Å². The Kier molecular flexibility index (Phi) is 6.60. The second-order valence-corrected chi connectivity index (χ2v) is 4.03. The molecule has 1 heterocycles. The van der Waals surface area contributed by atoms with Gasteiger partial charge in [-0.25, -0.2) is 13.8 Å². The first-order valence-corrected chi connectivity index (χ1v) is 6.37. The summed E-state index contributed by atoms with van der Waals surface area (Å²) in [5.74, 6) is -3.89. The van der Waals surface area contributed by atoms with Crippen molar-refractivity contribution in [1.29, 1.82) is 0 Å². The van der Waals surface area contributed by atoms with Crippen LogP contribution in [0.1, 0.15) is 19.7 Å². The Bertz CT molecular complexity index is 447. The number of rotatable bonds is 9. The SMILES string of the molecule is CCNc1cc(OCC(F)(F)C(F)F)nc(COCC)n1. The minimum atomic E-state index is -4.23. The number of anilines is 1. The van der Waals surface area contributed by atoms with Crippen LogP contribution >= 0.6 is 0 Å². The quantitative estimate of drug-likeness (QED) is 0.711. The molecule has 1 aromatic rings. The van der Waals surface area contributed by atoms with E-state index in [0.717, 1.165) is 0 Å². The second kappa shape index (κ2) is 7.96. The van der Waals surface area contributed by atoms with Gasteiger partial charge >= 0.3 is 12.3 Å². The summed E-state index contributed by atoms with van der Waals surface area (Å²) >= 11 is 0. The minimum absolute atomic E-state index is 0.0668. The number of halogens is 4. The summed E-state index contributed by atoms with van der Waals surface area (Å²) < 4.78 is 59.6. The predicted molar refractivity (Wildman–Crippen MR) is 68.0 cm³/mol. The third-order valence-electron chi connectivity index (χ3n) is 2.27. The van der Waals surface area contributed by atoms with E-state index in [1.165, 1.54) is 6.07 Å². The molecule has 1 rings (SSSR count). The zero-order valence-electron chi connectivity index (χ0n) is 11.7. The van der Waals surface area contributed by atoms with Crippen LogP contribution in [-0.4, -0.2) is 42.1 Å². The first kappa shape index (κ1) is 17.4. The second-order valence-electron chi connectivity index (χ2n) is 4.03. The Morgan fingerprint density at radius 1 is 1.29 bits per heavy atom. The van der Waals surface area contributed by atoms with Crippen molar-refractivity contribution in [2.75, 3.05) is 25.1 Å².